The average molecular weight is 436 g/mol. The van der Waals surface area contributed by atoms with E-state index in [1.54, 1.807) is 24.1 Å². The summed E-state index contributed by atoms with van der Waals surface area (Å²) in [5.74, 6) is 1.71. The average Bonchev–Trinajstić information content (AvgIpc) is 2.78. The molecule has 0 amide bonds. The van der Waals surface area contributed by atoms with Gasteiger partial charge in [-0.15, -0.1) is 11.6 Å². The van der Waals surface area contributed by atoms with Crippen molar-refractivity contribution in [3.8, 4) is 12.1 Å². The lowest BCUT2D eigenvalue weighted by molar-refractivity contribution is -0.113. The first-order valence-corrected chi connectivity index (χ1v) is 11.3. The lowest BCUT2D eigenvalue weighted by Crippen LogP contribution is -2.34. The van der Waals surface area contributed by atoms with Crippen LogP contribution in [0.4, 0.5) is 0 Å². The quantitative estimate of drug-likeness (QED) is 0.270. The first kappa shape index (κ1) is 22.1. The Morgan fingerprint density at radius 2 is 1.93 bits per heavy atom. The summed E-state index contributed by atoms with van der Waals surface area (Å²) in [6.07, 6.45) is 11.3. The third-order valence-corrected chi connectivity index (χ3v) is 6.25. The Balaban J connectivity index is 1.83. The second-order valence-electron chi connectivity index (χ2n) is 7.13. The first-order valence-electron chi connectivity index (χ1n) is 9.81. The predicted molar refractivity (Wildman–Crippen MR) is 123 cm³/mol. The highest BCUT2D eigenvalue weighted by Gasteiger charge is 2.27. The molecule has 1 aromatic rings. The van der Waals surface area contributed by atoms with E-state index < -0.39 is 0 Å². The highest BCUT2D eigenvalue weighted by molar-refractivity contribution is 7.97. The number of allylic oxidation sites excluding steroid dienone is 5. The van der Waals surface area contributed by atoms with E-state index in [9.17, 15) is 4.79 Å². The number of halogens is 1. The van der Waals surface area contributed by atoms with Gasteiger partial charge in [0.25, 0.3) is 0 Å². The van der Waals surface area contributed by atoms with Gasteiger partial charge in [-0.05, 0) is 48.6 Å². The van der Waals surface area contributed by atoms with Crippen LogP contribution in [-0.2, 0) is 4.79 Å². The molecule has 30 heavy (non-hydrogen) atoms. The van der Waals surface area contributed by atoms with Gasteiger partial charge in [0.15, 0.2) is 5.78 Å². The minimum absolute atomic E-state index is 0.0667. The van der Waals surface area contributed by atoms with E-state index in [2.05, 4.69) is 16.4 Å². The smallest absolute Gasteiger partial charge is 0.187 e. The van der Waals surface area contributed by atoms with Gasteiger partial charge in [0.1, 0.15) is 0 Å². The van der Waals surface area contributed by atoms with Crippen molar-refractivity contribution in [3.05, 3.63) is 76.4 Å². The van der Waals surface area contributed by atoms with Gasteiger partial charge < -0.3 is 0 Å². The molecule has 1 aromatic carbocycles. The Kier molecular flexibility index (Phi) is 8.11. The maximum Gasteiger partial charge on any atom is 0.187 e. The van der Waals surface area contributed by atoms with E-state index in [1.807, 2.05) is 42.5 Å². The van der Waals surface area contributed by atoms with E-state index in [4.69, 9.17) is 22.1 Å². The van der Waals surface area contributed by atoms with Crippen LogP contribution in [0.25, 0.3) is 6.08 Å². The molecular weight excluding hydrogens is 414 g/mol. The summed E-state index contributed by atoms with van der Waals surface area (Å²) in [6, 6.07) is 11.5. The third-order valence-electron chi connectivity index (χ3n) is 4.89. The zero-order valence-electron chi connectivity index (χ0n) is 16.6. The van der Waals surface area contributed by atoms with Gasteiger partial charge in [-0.25, -0.2) is 4.31 Å². The summed E-state index contributed by atoms with van der Waals surface area (Å²) in [5, 5.41) is 18.0. The van der Waals surface area contributed by atoms with Gasteiger partial charge in [-0.2, -0.15) is 10.5 Å². The Morgan fingerprint density at radius 3 is 2.57 bits per heavy atom. The van der Waals surface area contributed by atoms with Crippen molar-refractivity contribution in [1.82, 2.24) is 4.31 Å². The molecule has 1 atom stereocenters. The number of benzene rings is 1. The normalized spacial score (nSPS) is 22.0. The largest absolute Gasteiger partial charge is 0.289 e. The fourth-order valence-corrected chi connectivity index (χ4v) is 4.61. The number of nitrogens with zero attached hydrogens (tertiary/aromatic N) is 3. The second kappa shape index (κ2) is 11.0. The SMILES string of the molecule is N#CC1=CCC(/C=C2\CN(SCCCCl)C/C(=C\c3ccc(C#N)cc3)C2=O)C=C1. The summed E-state index contributed by atoms with van der Waals surface area (Å²) in [4.78, 5) is 13.2. The first-order chi connectivity index (χ1) is 14.6. The minimum Gasteiger partial charge on any atom is -0.289 e. The van der Waals surface area contributed by atoms with Crippen LogP contribution in [0, 0.1) is 28.6 Å². The van der Waals surface area contributed by atoms with Gasteiger partial charge in [0.05, 0.1) is 17.7 Å². The standard InChI is InChI=1S/C24H22ClN3OS/c25-10-1-11-30-28-16-22(12-18-2-6-20(14-26)7-3-18)24(29)23(17-28)13-19-4-8-21(15-27)9-5-19/h2-4,6-9,12-13,19H,1,5,10-11,16-17H2/b22-12+,23-13+. The van der Waals surface area contributed by atoms with Crippen molar-refractivity contribution < 1.29 is 4.79 Å². The second-order valence-corrected chi connectivity index (χ2v) is 8.69. The Hall–Kier alpha value is -2.57. The van der Waals surface area contributed by atoms with Gasteiger partial charge in [-0.3, -0.25) is 4.79 Å². The molecule has 4 nitrogen and oxygen atoms in total. The van der Waals surface area contributed by atoms with Gasteiger partial charge in [-0.1, -0.05) is 42.3 Å². The maximum atomic E-state index is 13.2. The number of piperidine rings is 1. The molecule has 1 aliphatic carbocycles. The van der Waals surface area contributed by atoms with Crippen LogP contribution in [0.3, 0.4) is 0 Å². The molecule has 3 rings (SSSR count). The van der Waals surface area contributed by atoms with Crippen LogP contribution in [0.2, 0.25) is 0 Å². The summed E-state index contributed by atoms with van der Waals surface area (Å²) in [5.41, 5.74) is 3.69. The summed E-state index contributed by atoms with van der Waals surface area (Å²) in [7, 11) is 0. The Labute approximate surface area is 186 Å². The van der Waals surface area contributed by atoms with Crippen LogP contribution < -0.4 is 0 Å². The molecule has 1 saturated heterocycles. The van der Waals surface area contributed by atoms with Crippen LogP contribution >= 0.6 is 23.5 Å². The lowest BCUT2D eigenvalue weighted by atomic mass is 9.90. The number of rotatable bonds is 6. The van der Waals surface area contributed by atoms with E-state index in [0.717, 1.165) is 35.3 Å². The van der Waals surface area contributed by atoms with Crippen molar-refractivity contribution in [1.29, 1.82) is 10.5 Å². The molecule has 1 aliphatic heterocycles. The highest BCUT2D eigenvalue weighted by Crippen LogP contribution is 2.28. The van der Waals surface area contributed by atoms with Crippen LogP contribution in [0.15, 0.2) is 65.3 Å². The number of carbonyl (C=O) groups is 1. The van der Waals surface area contributed by atoms with Crippen LogP contribution in [0.5, 0.6) is 0 Å². The number of hydrogen-bond donors (Lipinski definition) is 0. The zero-order valence-corrected chi connectivity index (χ0v) is 18.1. The molecule has 0 bridgehead atoms. The fourth-order valence-electron chi connectivity index (χ4n) is 3.32. The van der Waals surface area contributed by atoms with Crippen molar-refractivity contribution in [2.45, 2.75) is 12.8 Å². The molecule has 6 heteroatoms. The number of alkyl halides is 1. The monoisotopic (exact) mass is 435 g/mol. The van der Waals surface area contributed by atoms with Crippen LogP contribution in [0.1, 0.15) is 24.0 Å². The third kappa shape index (κ3) is 5.97. The molecule has 1 fully saturated rings. The molecule has 1 unspecified atom stereocenters. The van der Waals surface area contributed by atoms with Crippen molar-refractivity contribution in [3.63, 3.8) is 0 Å². The zero-order chi connectivity index (χ0) is 21.3. The number of hydrogen-bond acceptors (Lipinski definition) is 5. The van der Waals surface area contributed by atoms with E-state index >= 15 is 0 Å². The van der Waals surface area contributed by atoms with E-state index in [1.165, 1.54) is 0 Å². The Bertz CT molecular complexity index is 993. The minimum atomic E-state index is 0.0667. The molecule has 1 heterocycles. The van der Waals surface area contributed by atoms with Crippen molar-refractivity contribution in [2.75, 3.05) is 24.7 Å². The fraction of sp³-hybridized carbons (Fsp3) is 0.292. The van der Waals surface area contributed by atoms with Crippen molar-refractivity contribution >= 4 is 35.4 Å². The molecule has 152 valence electrons. The van der Waals surface area contributed by atoms with E-state index in [-0.39, 0.29) is 11.7 Å². The van der Waals surface area contributed by atoms with Gasteiger partial charge in [0.2, 0.25) is 0 Å². The highest BCUT2D eigenvalue weighted by atomic mass is 35.5. The molecule has 2 aliphatic rings. The van der Waals surface area contributed by atoms with Crippen molar-refractivity contribution in [2.24, 2.45) is 5.92 Å². The molecule has 0 spiro atoms. The molecular formula is C24H22ClN3OS. The van der Waals surface area contributed by atoms with Crippen LogP contribution in [-0.4, -0.2) is 34.8 Å². The predicted octanol–water partition coefficient (Wildman–Crippen LogP) is 5.06. The van der Waals surface area contributed by atoms with E-state index in [0.29, 0.717) is 30.1 Å². The van der Waals surface area contributed by atoms with Gasteiger partial charge >= 0.3 is 0 Å². The number of carbonyl (C=O) groups excluding carboxylic acids is 1. The topological polar surface area (TPSA) is 67.9 Å². The summed E-state index contributed by atoms with van der Waals surface area (Å²) < 4.78 is 2.21. The molecule has 0 N–H and O–H groups in total. The lowest BCUT2D eigenvalue weighted by Gasteiger charge is -2.29. The number of ketones is 1. The maximum absolute atomic E-state index is 13.2. The Morgan fingerprint density at radius 1 is 1.17 bits per heavy atom. The molecule has 0 saturated carbocycles. The summed E-state index contributed by atoms with van der Waals surface area (Å²) >= 11 is 7.53. The summed E-state index contributed by atoms with van der Waals surface area (Å²) in [6.45, 7) is 1.16. The number of Topliss-reactive ketones (excluding diaryl/α,β-unsaturated/α-hetero) is 1. The molecule has 0 aromatic heterocycles. The number of nitriles is 2. The molecule has 0 radical (unpaired) electrons. The van der Waals surface area contributed by atoms with Gasteiger partial charge in [0, 0.05) is 41.4 Å².